The van der Waals surface area contributed by atoms with Crippen molar-refractivity contribution >= 4 is 15.3 Å². The third-order valence-corrected chi connectivity index (χ3v) is 3.67. The van der Waals surface area contributed by atoms with Crippen LogP contribution in [0, 0.1) is 0 Å². The average Bonchev–Trinajstić information content (AvgIpc) is 2.19. The number of esters is 1. The van der Waals surface area contributed by atoms with Crippen molar-refractivity contribution in [2.45, 2.75) is 25.5 Å². The molecule has 0 saturated heterocycles. The summed E-state index contributed by atoms with van der Waals surface area (Å²) in [6.07, 6.45) is 1.82. The number of hydrogen-bond acceptors (Lipinski definition) is 4. The van der Waals surface area contributed by atoms with Gasteiger partial charge in [0.25, 0.3) is 0 Å². The number of carbonyl (C=O) groups is 1. The molecule has 0 amide bonds. The van der Waals surface area contributed by atoms with Crippen LogP contribution in [0.3, 0.4) is 0 Å². The zero-order valence-electron chi connectivity index (χ0n) is 8.99. The maximum atomic E-state index is 10.8. The molecule has 0 aromatic rings. The van der Waals surface area contributed by atoms with Gasteiger partial charge in [0.15, 0.2) is 0 Å². The summed E-state index contributed by atoms with van der Waals surface area (Å²) in [6.45, 7) is 5.17. The molecule has 0 N–H and O–H groups in total. The van der Waals surface area contributed by atoms with E-state index in [1.807, 2.05) is 6.92 Å². The van der Waals surface area contributed by atoms with E-state index < -0.39 is 9.28 Å². The molecule has 5 heteroatoms. The van der Waals surface area contributed by atoms with E-state index in [0.29, 0.717) is 0 Å². The van der Waals surface area contributed by atoms with E-state index in [1.54, 1.807) is 14.2 Å². The molecule has 0 aliphatic carbocycles. The Kier molecular flexibility index (Phi) is 7.36. The first-order valence-corrected chi connectivity index (χ1v) is 6.28. The van der Waals surface area contributed by atoms with E-state index in [2.05, 4.69) is 6.58 Å². The minimum absolute atomic E-state index is 0.110. The van der Waals surface area contributed by atoms with Gasteiger partial charge in [-0.15, -0.1) is 0 Å². The lowest BCUT2D eigenvalue weighted by Gasteiger charge is -2.14. The van der Waals surface area contributed by atoms with Gasteiger partial charge in [-0.05, 0) is 19.4 Å². The molecule has 0 aliphatic heterocycles. The van der Waals surface area contributed by atoms with E-state index >= 15 is 0 Å². The Morgan fingerprint density at radius 2 is 2.07 bits per heavy atom. The van der Waals surface area contributed by atoms with Gasteiger partial charge in [0.1, 0.15) is 0 Å². The van der Waals surface area contributed by atoms with Crippen molar-refractivity contribution in [2.24, 2.45) is 0 Å². The topological polar surface area (TPSA) is 44.8 Å². The van der Waals surface area contributed by atoms with Crippen molar-refractivity contribution in [1.82, 2.24) is 0 Å². The summed E-state index contributed by atoms with van der Waals surface area (Å²) in [5.41, 5.74) is 0. The Morgan fingerprint density at radius 1 is 1.50 bits per heavy atom. The number of carbonyl (C=O) groups excluding carboxylic acids is 1. The molecule has 1 unspecified atom stereocenters. The SMILES string of the molecule is C=CC(=O)OC(C)CC[SiH](OC)OC. The quantitative estimate of drug-likeness (QED) is 0.363. The van der Waals surface area contributed by atoms with Crippen LogP contribution >= 0.6 is 0 Å². The van der Waals surface area contributed by atoms with Crippen molar-refractivity contribution in [2.75, 3.05) is 14.2 Å². The van der Waals surface area contributed by atoms with E-state index in [0.717, 1.165) is 18.5 Å². The molecule has 0 spiro atoms. The first kappa shape index (κ1) is 13.3. The Balaban J connectivity index is 3.66. The van der Waals surface area contributed by atoms with E-state index in [-0.39, 0.29) is 12.1 Å². The van der Waals surface area contributed by atoms with Crippen LogP contribution < -0.4 is 0 Å². The van der Waals surface area contributed by atoms with E-state index in [1.165, 1.54) is 0 Å². The highest BCUT2D eigenvalue weighted by Gasteiger charge is 2.13. The van der Waals surface area contributed by atoms with Crippen LogP contribution in [0.4, 0.5) is 0 Å². The molecule has 0 aromatic heterocycles. The zero-order chi connectivity index (χ0) is 11.0. The molecule has 82 valence electrons. The molecule has 4 nitrogen and oxygen atoms in total. The summed E-state index contributed by atoms with van der Waals surface area (Å²) in [7, 11) is 1.76. The smallest absolute Gasteiger partial charge is 0.330 e. The highest BCUT2D eigenvalue weighted by Crippen LogP contribution is 2.06. The van der Waals surface area contributed by atoms with Crippen LogP contribution in [0.5, 0.6) is 0 Å². The van der Waals surface area contributed by atoms with Crippen molar-refractivity contribution in [3.8, 4) is 0 Å². The van der Waals surface area contributed by atoms with E-state index in [9.17, 15) is 4.79 Å². The van der Waals surface area contributed by atoms with Gasteiger partial charge in [0.05, 0.1) is 6.10 Å². The Bertz CT molecular complexity index is 180. The van der Waals surface area contributed by atoms with Crippen LogP contribution in [-0.2, 0) is 18.4 Å². The first-order chi connectivity index (χ1) is 6.63. The van der Waals surface area contributed by atoms with Crippen molar-refractivity contribution in [1.29, 1.82) is 0 Å². The molecule has 14 heavy (non-hydrogen) atoms. The third kappa shape index (κ3) is 5.90. The predicted octanol–water partition coefficient (Wildman–Crippen LogP) is 1.01. The summed E-state index contributed by atoms with van der Waals surface area (Å²) in [4.78, 5) is 10.8. The molecule has 0 heterocycles. The fourth-order valence-electron chi connectivity index (χ4n) is 1.01. The number of rotatable bonds is 7. The van der Waals surface area contributed by atoms with Crippen molar-refractivity contribution in [3.05, 3.63) is 12.7 Å². The monoisotopic (exact) mass is 218 g/mol. The van der Waals surface area contributed by atoms with Crippen LogP contribution in [0.25, 0.3) is 0 Å². The maximum absolute atomic E-state index is 10.8. The fourth-order valence-corrected chi connectivity index (χ4v) is 2.41. The third-order valence-electron chi connectivity index (χ3n) is 1.82. The normalized spacial score (nSPS) is 12.6. The molecule has 0 saturated carbocycles. The molecular formula is C9H18O4Si. The first-order valence-electron chi connectivity index (χ1n) is 4.52. The summed E-state index contributed by atoms with van der Waals surface area (Å²) in [5, 5.41) is 0. The minimum Gasteiger partial charge on any atom is -0.460 e. The van der Waals surface area contributed by atoms with Gasteiger partial charge in [0.2, 0.25) is 0 Å². The standard InChI is InChI=1S/C9H18O4Si/c1-5-9(10)13-8(2)6-7-14(11-3)12-4/h5,8,14H,1,6-7H2,2-4H3. The highest BCUT2D eigenvalue weighted by molar-refractivity contribution is 6.44. The van der Waals surface area contributed by atoms with Crippen LogP contribution in [0.2, 0.25) is 6.04 Å². The lowest BCUT2D eigenvalue weighted by Crippen LogP contribution is -2.22. The van der Waals surface area contributed by atoms with Crippen LogP contribution in [0.1, 0.15) is 13.3 Å². The van der Waals surface area contributed by atoms with Gasteiger partial charge in [0, 0.05) is 20.3 Å². The molecule has 0 radical (unpaired) electrons. The molecule has 0 fully saturated rings. The lowest BCUT2D eigenvalue weighted by atomic mass is 10.3. The second-order valence-electron chi connectivity index (χ2n) is 2.93. The summed E-state index contributed by atoms with van der Waals surface area (Å²) in [5.74, 6) is -0.384. The molecule has 0 aromatic carbocycles. The van der Waals surface area contributed by atoms with Crippen molar-refractivity contribution < 1.29 is 18.4 Å². The average molecular weight is 218 g/mol. The number of ether oxygens (including phenoxy) is 1. The summed E-state index contributed by atoms with van der Waals surface area (Å²) in [6, 6.07) is 0.832. The number of hydrogen-bond donors (Lipinski definition) is 0. The van der Waals surface area contributed by atoms with Gasteiger partial charge >= 0.3 is 15.3 Å². The van der Waals surface area contributed by atoms with Gasteiger partial charge in [-0.2, -0.15) is 0 Å². The highest BCUT2D eigenvalue weighted by atomic mass is 28.3. The lowest BCUT2D eigenvalue weighted by molar-refractivity contribution is -0.142. The van der Waals surface area contributed by atoms with Gasteiger partial charge in [-0.25, -0.2) is 4.79 Å². The summed E-state index contributed by atoms with van der Waals surface area (Å²) < 4.78 is 15.3. The molecule has 0 aliphatic rings. The predicted molar refractivity (Wildman–Crippen MR) is 56.3 cm³/mol. The Morgan fingerprint density at radius 3 is 2.50 bits per heavy atom. The molecular weight excluding hydrogens is 200 g/mol. The van der Waals surface area contributed by atoms with Gasteiger partial charge < -0.3 is 13.6 Å². The van der Waals surface area contributed by atoms with Crippen molar-refractivity contribution in [3.63, 3.8) is 0 Å². The van der Waals surface area contributed by atoms with Crippen LogP contribution in [-0.4, -0.2) is 35.6 Å². The largest absolute Gasteiger partial charge is 0.460 e. The molecule has 0 bridgehead atoms. The van der Waals surface area contributed by atoms with Gasteiger partial charge in [-0.1, -0.05) is 6.58 Å². The fraction of sp³-hybridized carbons (Fsp3) is 0.667. The molecule has 0 rings (SSSR count). The maximum Gasteiger partial charge on any atom is 0.330 e. The summed E-state index contributed by atoms with van der Waals surface area (Å²) >= 11 is 0. The molecule has 1 atom stereocenters. The Labute approximate surface area is 86.7 Å². The zero-order valence-corrected chi connectivity index (χ0v) is 10.1. The second kappa shape index (κ2) is 7.72. The van der Waals surface area contributed by atoms with Crippen LogP contribution in [0.15, 0.2) is 12.7 Å². The van der Waals surface area contributed by atoms with Gasteiger partial charge in [-0.3, -0.25) is 0 Å². The minimum atomic E-state index is -1.52. The second-order valence-corrected chi connectivity index (χ2v) is 5.31. The van der Waals surface area contributed by atoms with E-state index in [4.69, 9.17) is 13.6 Å². The Hall–Kier alpha value is -0.653.